The van der Waals surface area contributed by atoms with Gasteiger partial charge in [0.15, 0.2) is 6.67 Å². The molecule has 11 heteroatoms. The first-order chi connectivity index (χ1) is 15.2. The highest BCUT2D eigenvalue weighted by Crippen LogP contribution is 2.37. The number of halogens is 2. The predicted molar refractivity (Wildman–Crippen MR) is 129 cm³/mol. The van der Waals surface area contributed by atoms with E-state index in [4.69, 9.17) is 16.3 Å². The lowest BCUT2D eigenvalue weighted by molar-refractivity contribution is -0.117. The van der Waals surface area contributed by atoms with Gasteiger partial charge in [-0.3, -0.25) is 15.4 Å². The number of nitrogens with one attached hydrogen (secondary N) is 5. The molecule has 0 aliphatic carbocycles. The molecule has 1 heterocycles. The fraction of sp³-hybridized carbons (Fsp3) is 0.381. The predicted octanol–water partition coefficient (Wildman–Crippen LogP) is 2.79. The molecule has 3 atom stereocenters. The number of anilines is 3. The molecular formula is C21H28ClFN5O3P. The van der Waals surface area contributed by atoms with Gasteiger partial charge >= 0.3 is 0 Å². The number of benzene rings is 2. The minimum absolute atomic E-state index is 0.286. The highest BCUT2D eigenvalue weighted by molar-refractivity contribution is 7.70. The highest BCUT2D eigenvalue weighted by atomic mass is 35.5. The van der Waals surface area contributed by atoms with Crippen LogP contribution in [0.4, 0.5) is 21.5 Å². The Kier molecular flexibility index (Phi) is 8.00. The lowest BCUT2D eigenvalue weighted by Gasteiger charge is -2.37. The van der Waals surface area contributed by atoms with Gasteiger partial charge < -0.3 is 25.3 Å². The molecule has 32 heavy (non-hydrogen) atoms. The van der Waals surface area contributed by atoms with Crippen LogP contribution < -0.4 is 36.6 Å². The van der Waals surface area contributed by atoms with E-state index in [1.165, 1.54) is 7.11 Å². The molecule has 1 aliphatic rings. The lowest BCUT2D eigenvalue weighted by Crippen LogP contribution is -2.64. The molecule has 1 saturated heterocycles. The second-order valence-electron chi connectivity index (χ2n) is 7.76. The van der Waals surface area contributed by atoms with Gasteiger partial charge in [0.05, 0.1) is 24.3 Å². The van der Waals surface area contributed by atoms with Crippen LogP contribution in [0, 0.1) is 0 Å². The van der Waals surface area contributed by atoms with Crippen molar-refractivity contribution in [2.45, 2.75) is 17.8 Å². The van der Waals surface area contributed by atoms with Crippen LogP contribution in [0.15, 0.2) is 42.5 Å². The average Bonchev–Trinajstić information content (AvgIpc) is 2.76. The summed E-state index contributed by atoms with van der Waals surface area (Å²) in [7, 11) is -0.952. The van der Waals surface area contributed by atoms with Crippen molar-refractivity contribution in [1.82, 2.24) is 10.6 Å². The molecule has 0 spiro atoms. The zero-order valence-corrected chi connectivity index (χ0v) is 19.8. The smallest absolute Gasteiger partial charge is 0.255 e. The largest absolute Gasteiger partial charge is 0.495 e. The summed E-state index contributed by atoms with van der Waals surface area (Å²) in [5.74, 6) is -0.181. The number of carbonyl (C=O) groups excluding carboxylic acids is 1. The first kappa shape index (κ1) is 24.3. The van der Waals surface area contributed by atoms with Crippen LogP contribution in [0.2, 0.25) is 0 Å². The summed E-state index contributed by atoms with van der Waals surface area (Å²) in [5.41, 5.74) is 1.79. The Morgan fingerprint density at radius 1 is 1.22 bits per heavy atom. The summed E-state index contributed by atoms with van der Waals surface area (Å²) in [4.78, 5) is 11.4. The van der Waals surface area contributed by atoms with Crippen molar-refractivity contribution in [1.29, 1.82) is 0 Å². The van der Waals surface area contributed by atoms with Crippen molar-refractivity contribution in [3.63, 3.8) is 0 Å². The van der Waals surface area contributed by atoms with E-state index in [1.54, 1.807) is 31.5 Å². The number of para-hydroxylation sites is 1. The zero-order chi connectivity index (χ0) is 23.3. The lowest BCUT2D eigenvalue weighted by atomic mass is 10.2. The van der Waals surface area contributed by atoms with E-state index >= 15 is 0 Å². The fourth-order valence-corrected chi connectivity index (χ4v) is 4.79. The fourth-order valence-electron chi connectivity index (χ4n) is 3.40. The molecule has 2 aromatic rings. The molecule has 1 aliphatic heterocycles. The van der Waals surface area contributed by atoms with Gasteiger partial charge in [-0.05, 0) is 43.7 Å². The Hall–Kier alpha value is -2.32. The topological polar surface area (TPSA) is 104 Å². The Morgan fingerprint density at radius 2 is 1.97 bits per heavy atom. The molecule has 0 aromatic heterocycles. The maximum absolute atomic E-state index is 12.7. The molecule has 8 nitrogen and oxygen atoms in total. The summed E-state index contributed by atoms with van der Waals surface area (Å²) in [6.45, 7) is 2.84. The molecule has 0 saturated carbocycles. The van der Waals surface area contributed by atoms with Gasteiger partial charge in [0.25, 0.3) is 5.91 Å². The molecule has 174 valence electrons. The Bertz CT molecular complexity index is 1010. The first-order valence-electron chi connectivity index (χ1n) is 10.1. The third kappa shape index (κ3) is 6.13. The van der Waals surface area contributed by atoms with Crippen LogP contribution in [-0.2, 0) is 9.36 Å². The minimum Gasteiger partial charge on any atom is -0.495 e. The quantitative estimate of drug-likeness (QED) is 0.290. The minimum atomic E-state index is -2.49. The van der Waals surface area contributed by atoms with Gasteiger partial charge in [0.1, 0.15) is 19.2 Å². The molecule has 0 bridgehead atoms. The summed E-state index contributed by atoms with van der Waals surface area (Å²) < 4.78 is 30.6. The van der Waals surface area contributed by atoms with Crippen LogP contribution in [0.3, 0.4) is 0 Å². The van der Waals surface area contributed by atoms with E-state index in [1.807, 2.05) is 24.3 Å². The third-order valence-corrected chi connectivity index (χ3v) is 6.88. The Labute approximate surface area is 192 Å². The van der Waals surface area contributed by atoms with Gasteiger partial charge in [0, 0.05) is 23.2 Å². The molecule has 3 unspecified atom stereocenters. The van der Waals surface area contributed by atoms with Crippen LogP contribution >= 0.6 is 18.7 Å². The first-order valence-corrected chi connectivity index (χ1v) is 13.1. The molecular weight excluding hydrogens is 456 g/mol. The molecule has 5 N–H and O–H groups in total. The van der Waals surface area contributed by atoms with Crippen LogP contribution in [0.25, 0.3) is 0 Å². The van der Waals surface area contributed by atoms with E-state index < -0.39 is 26.0 Å². The highest BCUT2D eigenvalue weighted by Gasteiger charge is 2.29. The number of alkyl halides is 2. The average molecular weight is 484 g/mol. The molecule has 1 amide bonds. The van der Waals surface area contributed by atoms with Crippen molar-refractivity contribution >= 4 is 47.0 Å². The number of carbonyl (C=O) groups is 1. The maximum Gasteiger partial charge on any atom is 0.255 e. The van der Waals surface area contributed by atoms with Gasteiger partial charge in [0.2, 0.25) is 0 Å². The van der Waals surface area contributed by atoms with Crippen LogP contribution in [-0.4, -0.2) is 57.4 Å². The van der Waals surface area contributed by atoms with Crippen molar-refractivity contribution in [2.75, 3.05) is 49.6 Å². The summed E-state index contributed by atoms with van der Waals surface area (Å²) >= 11 is 6.53. The van der Waals surface area contributed by atoms with E-state index in [2.05, 4.69) is 26.6 Å². The monoisotopic (exact) mass is 483 g/mol. The van der Waals surface area contributed by atoms with Gasteiger partial charge in [-0.1, -0.05) is 12.1 Å². The summed E-state index contributed by atoms with van der Waals surface area (Å²) in [5, 5.41) is 16.2. The van der Waals surface area contributed by atoms with Crippen molar-refractivity contribution in [3.8, 4) is 5.75 Å². The van der Waals surface area contributed by atoms with Crippen molar-refractivity contribution in [2.24, 2.45) is 0 Å². The molecule has 3 rings (SSSR count). The number of hydrogen-bond acceptors (Lipinski definition) is 7. The van der Waals surface area contributed by atoms with E-state index in [0.29, 0.717) is 23.7 Å². The number of ether oxygens (including phenoxy) is 1. The SMILES string of the molecule is COc1ccc(NC(=O)CF)cc1NC1NCC(Cl)C(Nc2ccccc2P(C)(C)=O)N1. The third-order valence-electron chi connectivity index (χ3n) is 4.92. The maximum atomic E-state index is 12.7. The van der Waals surface area contributed by atoms with Gasteiger partial charge in [-0.15, -0.1) is 11.6 Å². The van der Waals surface area contributed by atoms with E-state index in [9.17, 15) is 13.8 Å². The Morgan fingerprint density at radius 3 is 2.66 bits per heavy atom. The standard InChI is InChI=1S/C21H28ClFN5O3P/c1-31-17-9-8-13(25-19(29)11-23)10-16(17)27-21-24-12-14(22)20(28-21)26-15-6-4-5-7-18(15)32(2,3)30/h4-10,14,20-21,24,26-28H,11-12H2,1-3H3,(H,25,29). The summed E-state index contributed by atoms with van der Waals surface area (Å²) in [6, 6.07) is 12.4. The van der Waals surface area contributed by atoms with Crippen molar-refractivity contribution < 1.29 is 18.5 Å². The number of hydrogen-bond donors (Lipinski definition) is 5. The molecule has 2 aromatic carbocycles. The van der Waals surface area contributed by atoms with Gasteiger partial charge in [-0.2, -0.15) is 0 Å². The number of rotatable bonds is 8. The number of amides is 1. The summed E-state index contributed by atoms with van der Waals surface area (Å²) in [6.07, 6.45) is -0.728. The second kappa shape index (κ2) is 10.5. The van der Waals surface area contributed by atoms with Crippen LogP contribution in [0.5, 0.6) is 5.75 Å². The number of methoxy groups -OCH3 is 1. The van der Waals surface area contributed by atoms with E-state index in [0.717, 1.165) is 11.0 Å². The second-order valence-corrected chi connectivity index (χ2v) is 11.5. The Balaban J connectivity index is 1.76. The van der Waals surface area contributed by atoms with Gasteiger partial charge in [-0.25, -0.2) is 4.39 Å². The molecule has 1 fully saturated rings. The normalized spacial score (nSPS) is 21.0. The van der Waals surface area contributed by atoms with Crippen molar-refractivity contribution in [3.05, 3.63) is 42.5 Å². The van der Waals surface area contributed by atoms with E-state index in [-0.39, 0.29) is 11.5 Å². The zero-order valence-electron chi connectivity index (χ0n) is 18.1. The van der Waals surface area contributed by atoms with Crippen LogP contribution in [0.1, 0.15) is 0 Å². The molecule has 0 radical (unpaired) electrons.